The number of fused-ring (bicyclic) bond motifs is 1. The predicted octanol–water partition coefficient (Wildman–Crippen LogP) is 2.59. The minimum Gasteiger partial charge on any atom is -0.494 e. The largest absolute Gasteiger partial charge is 0.494 e. The molecular formula is C21H23FN2O4. The monoisotopic (exact) mass is 386 g/mol. The molecule has 2 aromatic carbocycles. The number of carbonyl (C=O) groups excluding carboxylic acids is 2. The first kappa shape index (κ1) is 19.7. The zero-order valence-corrected chi connectivity index (χ0v) is 15.9. The Morgan fingerprint density at radius 2 is 2.07 bits per heavy atom. The van der Waals surface area contributed by atoms with Gasteiger partial charge >= 0.3 is 0 Å². The number of hydrogen-bond donors (Lipinski definition) is 2. The van der Waals surface area contributed by atoms with Crippen LogP contribution >= 0.6 is 0 Å². The lowest BCUT2D eigenvalue weighted by molar-refractivity contribution is -0.120. The van der Waals surface area contributed by atoms with E-state index in [0.29, 0.717) is 12.4 Å². The van der Waals surface area contributed by atoms with Crippen LogP contribution in [0.25, 0.3) is 0 Å². The second kappa shape index (κ2) is 8.73. The van der Waals surface area contributed by atoms with Crippen molar-refractivity contribution in [3.05, 3.63) is 58.9 Å². The summed E-state index contributed by atoms with van der Waals surface area (Å²) >= 11 is 0. The Labute approximate surface area is 163 Å². The number of ether oxygens (including phenoxy) is 2. The highest BCUT2D eigenvalue weighted by Crippen LogP contribution is 2.35. The van der Waals surface area contributed by atoms with Crippen LogP contribution in [-0.4, -0.2) is 31.1 Å². The zero-order valence-electron chi connectivity index (χ0n) is 15.9. The quantitative estimate of drug-likeness (QED) is 0.767. The Balaban J connectivity index is 1.57. The van der Waals surface area contributed by atoms with Crippen LogP contribution in [0.5, 0.6) is 11.5 Å². The summed E-state index contributed by atoms with van der Waals surface area (Å²) in [5.74, 6) is 0.142. The van der Waals surface area contributed by atoms with Gasteiger partial charge in [0.25, 0.3) is 5.91 Å². The number of amides is 2. The molecule has 6 nitrogen and oxygen atoms in total. The molecule has 0 saturated heterocycles. The van der Waals surface area contributed by atoms with E-state index in [-0.39, 0.29) is 30.7 Å². The molecule has 28 heavy (non-hydrogen) atoms. The molecule has 148 valence electrons. The van der Waals surface area contributed by atoms with Gasteiger partial charge in [0.1, 0.15) is 23.4 Å². The van der Waals surface area contributed by atoms with Crippen LogP contribution in [0.2, 0.25) is 0 Å². The van der Waals surface area contributed by atoms with Gasteiger partial charge in [0, 0.05) is 29.7 Å². The van der Waals surface area contributed by atoms with Crippen LogP contribution in [0.4, 0.5) is 4.39 Å². The number of hydrogen-bond acceptors (Lipinski definition) is 4. The summed E-state index contributed by atoms with van der Waals surface area (Å²) in [6, 6.07) is 9.13. The van der Waals surface area contributed by atoms with E-state index >= 15 is 0 Å². The third kappa shape index (κ3) is 4.79. The van der Waals surface area contributed by atoms with E-state index in [2.05, 4.69) is 10.6 Å². The van der Waals surface area contributed by atoms with Crippen LogP contribution in [0.3, 0.4) is 0 Å². The Hall–Kier alpha value is -3.09. The van der Waals surface area contributed by atoms with Crippen molar-refractivity contribution in [2.75, 3.05) is 13.2 Å². The van der Waals surface area contributed by atoms with Crippen molar-refractivity contribution in [1.82, 2.24) is 10.6 Å². The number of nitrogens with one attached hydrogen (secondary N) is 2. The maximum atomic E-state index is 13.2. The highest BCUT2D eigenvalue weighted by molar-refractivity contribution is 5.96. The van der Waals surface area contributed by atoms with E-state index in [1.54, 1.807) is 0 Å². The highest BCUT2D eigenvalue weighted by atomic mass is 19.1. The van der Waals surface area contributed by atoms with Gasteiger partial charge in [-0.05, 0) is 44.2 Å². The van der Waals surface area contributed by atoms with Crippen molar-refractivity contribution in [3.63, 3.8) is 0 Å². The molecule has 1 aliphatic rings. The van der Waals surface area contributed by atoms with Crippen LogP contribution < -0.4 is 20.1 Å². The van der Waals surface area contributed by atoms with Crippen molar-refractivity contribution >= 4 is 11.8 Å². The van der Waals surface area contributed by atoms with Gasteiger partial charge in [-0.1, -0.05) is 6.07 Å². The van der Waals surface area contributed by atoms with Crippen molar-refractivity contribution in [2.24, 2.45) is 0 Å². The molecule has 0 fully saturated rings. The fraction of sp³-hybridized carbons (Fsp3) is 0.333. The third-order valence-electron chi connectivity index (χ3n) is 4.35. The van der Waals surface area contributed by atoms with Gasteiger partial charge in [-0.15, -0.1) is 0 Å². The molecule has 7 heteroatoms. The molecule has 3 rings (SSSR count). The van der Waals surface area contributed by atoms with Crippen molar-refractivity contribution in [2.45, 2.75) is 32.9 Å². The standard InChI is InChI=1S/C21H23FN2O4/c1-3-27-18-9-15-7-13(2)28-19(15)10-16(18)11-23-20(25)12-24-21(26)14-5-4-6-17(22)8-14/h4-6,8-10,13H,3,7,11-12H2,1-2H3,(H,23,25)(H,24,26)/t13-/m1/s1. The lowest BCUT2D eigenvalue weighted by atomic mass is 10.1. The average molecular weight is 386 g/mol. The number of rotatable bonds is 7. The zero-order chi connectivity index (χ0) is 20.1. The smallest absolute Gasteiger partial charge is 0.251 e. The molecule has 1 atom stereocenters. The van der Waals surface area contributed by atoms with Gasteiger partial charge < -0.3 is 20.1 Å². The SMILES string of the molecule is CCOc1cc2c(cc1CNC(=O)CNC(=O)c1cccc(F)c1)O[C@H](C)C2. The van der Waals surface area contributed by atoms with Crippen LogP contribution in [0.15, 0.2) is 36.4 Å². The van der Waals surface area contributed by atoms with E-state index in [0.717, 1.165) is 29.4 Å². The van der Waals surface area contributed by atoms with Gasteiger partial charge in [0.15, 0.2) is 0 Å². The normalized spacial score (nSPS) is 14.8. The second-order valence-corrected chi connectivity index (χ2v) is 6.60. The molecule has 0 saturated carbocycles. The molecule has 2 N–H and O–H groups in total. The lowest BCUT2D eigenvalue weighted by Gasteiger charge is -2.13. The average Bonchev–Trinajstić information content (AvgIpc) is 3.03. The first-order valence-electron chi connectivity index (χ1n) is 9.22. The first-order valence-corrected chi connectivity index (χ1v) is 9.22. The van der Waals surface area contributed by atoms with E-state index in [1.807, 2.05) is 26.0 Å². The molecule has 0 bridgehead atoms. The third-order valence-corrected chi connectivity index (χ3v) is 4.35. The van der Waals surface area contributed by atoms with Gasteiger partial charge in [-0.3, -0.25) is 9.59 Å². The number of benzene rings is 2. The molecule has 0 radical (unpaired) electrons. The first-order chi connectivity index (χ1) is 13.5. The van der Waals surface area contributed by atoms with Crippen molar-refractivity contribution < 1.29 is 23.5 Å². The minimum absolute atomic E-state index is 0.118. The van der Waals surface area contributed by atoms with E-state index in [9.17, 15) is 14.0 Å². The summed E-state index contributed by atoms with van der Waals surface area (Å²) in [6.45, 7) is 4.45. The maximum Gasteiger partial charge on any atom is 0.251 e. The molecular weight excluding hydrogens is 363 g/mol. The molecule has 1 aliphatic heterocycles. The predicted molar refractivity (Wildman–Crippen MR) is 102 cm³/mol. The fourth-order valence-electron chi connectivity index (χ4n) is 3.06. The summed E-state index contributed by atoms with van der Waals surface area (Å²) in [5.41, 5.74) is 2.06. The molecule has 2 aromatic rings. The summed E-state index contributed by atoms with van der Waals surface area (Å²) in [7, 11) is 0. The Kier molecular flexibility index (Phi) is 6.13. The molecule has 1 heterocycles. The van der Waals surface area contributed by atoms with Gasteiger partial charge in [-0.25, -0.2) is 4.39 Å². The second-order valence-electron chi connectivity index (χ2n) is 6.60. The Morgan fingerprint density at radius 1 is 1.25 bits per heavy atom. The Morgan fingerprint density at radius 3 is 2.82 bits per heavy atom. The summed E-state index contributed by atoms with van der Waals surface area (Å²) in [4.78, 5) is 24.1. The molecule has 0 unspecified atom stereocenters. The van der Waals surface area contributed by atoms with Gasteiger partial charge in [0.05, 0.1) is 13.2 Å². The van der Waals surface area contributed by atoms with Crippen LogP contribution in [0, 0.1) is 5.82 Å². The number of carbonyl (C=O) groups is 2. The van der Waals surface area contributed by atoms with Crippen molar-refractivity contribution in [3.8, 4) is 11.5 Å². The summed E-state index contributed by atoms with van der Waals surface area (Å²) < 4.78 is 24.6. The fourth-order valence-corrected chi connectivity index (χ4v) is 3.06. The van der Waals surface area contributed by atoms with Gasteiger partial charge in [0.2, 0.25) is 5.91 Å². The summed E-state index contributed by atoms with van der Waals surface area (Å²) in [6.07, 6.45) is 0.945. The maximum absolute atomic E-state index is 13.2. The van der Waals surface area contributed by atoms with E-state index in [1.165, 1.54) is 18.2 Å². The lowest BCUT2D eigenvalue weighted by Crippen LogP contribution is -2.36. The minimum atomic E-state index is -0.510. The van der Waals surface area contributed by atoms with Crippen molar-refractivity contribution in [1.29, 1.82) is 0 Å². The Bertz CT molecular complexity index is 885. The molecule has 2 amide bonds. The summed E-state index contributed by atoms with van der Waals surface area (Å²) in [5, 5.41) is 5.23. The van der Waals surface area contributed by atoms with Crippen LogP contribution in [0.1, 0.15) is 35.3 Å². The van der Waals surface area contributed by atoms with E-state index < -0.39 is 11.7 Å². The van der Waals surface area contributed by atoms with Gasteiger partial charge in [-0.2, -0.15) is 0 Å². The van der Waals surface area contributed by atoms with E-state index in [4.69, 9.17) is 9.47 Å². The van der Waals surface area contributed by atoms with Crippen LogP contribution in [-0.2, 0) is 17.8 Å². The number of halogens is 1. The topological polar surface area (TPSA) is 76.7 Å². The molecule has 0 spiro atoms. The highest BCUT2D eigenvalue weighted by Gasteiger charge is 2.22. The molecule has 0 aromatic heterocycles. The molecule has 0 aliphatic carbocycles.